The summed E-state index contributed by atoms with van der Waals surface area (Å²) in [7, 11) is 0. The van der Waals surface area contributed by atoms with Crippen molar-refractivity contribution in [3.63, 3.8) is 0 Å². The number of hydrogen-bond donors (Lipinski definition) is 1. The number of carboxylic acids is 1. The number of carboxylic acid groups (broad SMARTS) is 1. The molecule has 0 aromatic carbocycles. The minimum Gasteiger partial charge on any atom is -0.475 e. The molecule has 3 rings (SSSR count). The number of aliphatic carboxylic acids is 1. The molecular weight excluding hydrogens is 359 g/mol. The van der Waals surface area contributed by atoms with E-state index in [1.165, 1.54) is 0 Å². The molecule has 0 radical (unpaired) electrons. The summed E-state index contributed by atoms with van der Waals surface area (Å²) in [5.41, 5.74) is 2.54. The molecule has 0 aliphatic carbocycles. The van der Waals surface area contributed by atoms with Crippen molar-refractivity contribution in [1.29, 1.82) is 0 Å². The van der Waals surface area contributed by atoms with Gasteiger partial charge in [-0.2, -0.15) is 24.9 Å². The summed E-state index contributed by atoms with van der Waals surface area (Å²) in [5.74, 6) is -0.652. The van der Waals surface area contributed by atoms with Crippen LogP contribution in [0.3, 0.4) is 0 Å². The van der Waals surface area contributed by atoms with Crippen molar-refractivity contribution in [1.82, 2.24) is 14.3 Å². The van der Waals surface area contributed by atoms with E-state index in [9.17, 15) is 18.0 Å². The van der Waals surface area contributed by atoms with Crippen LogP contribution in [0.4, 0.5) is 13.2 Å². The number of aromatic nitrogens is 2. The Morgan fingerprint density at radius 2 is 1.80 bits per heavy atom. The van der Waals surface area contributed by atoms with Gasteiger partial charge in [-0.25, -0.2) is 9.78 Å². The Hall–Kier alpha value is -2.23. The van der Waals surface area contributed by atoms with Crippen molar-refractivity contribution in [3.8, 4) is 0 Å². The van der Waals surface area contributed by atoms with Crippen molar-refractivity contribution in [2.24, 2.45) is 0 Å². The topological polar surface area (TPSA) is 74.9 Å². The van der Waals surface area contributed by atoms with Gasteiger partial charge in [0.1, 0.15) is 11.3 Å². The first-order valence-electron chi connectivity index (χ1n) is 7.31. The smallest absolute Gasteiger partial charge is 0.475 e. The summed E-state index contributed by atoms with van der Waals surface area (Å²) in [6, 6.07) is 3.95. The number of nitrogens with zero attached hydrogens (tertiary/aromatic N) is 3. The number of amides is 1. The molecule has 1 aliphatic rings. The van der Waals surface area contributed by atoms with E-state index in [1.807, 2.05) is 52.5 Å². The lowest BCUT2D eigenvalue weighted by Crippen LogP contribution is -2.38. The van der Waals surface area contributed by atoms with Crippen LogP contribution < -0.4 is 0 Å². The molecular formula is C15H16F3N3O3S. The number of fused-ring (bicyclic) bond motifs is 1. The van der Waals surface area contributed by atoms with Gasteiger partial charge in [-0.3, -0.25) is 4.79 Å². The lowest BCUT2D eigenvalue weighted by atomic mass is 10.3. The van der Waals surface area contributed by atoms with Gasteiger partial charge < -0.3 is 14.4 Å². The number of imidazole rings is 1. The molecule has 0 bridgehead atoms. The summed E-state index contributed by atoms with van der Waals surface area (Å²) in [4.78, 5) is 27.5. The van der Waals surface area contributed by atoms with Crippen molar-refractivity contribution in [2.45, 2.75) is 13.1 Å². The highest BCUT2D eigenvalue weighted by Gasteiger charge is 2.38. The third-order valence-electron chi connectivity index (χ3n) is 3.36. The van der Waals surface area contributed by atoms with E-state index in [1.54, 1.807) is 0 Å². The lowest BCUT2D eigenvalue weighted by Gasteiger charge is -2.25. The van der Waals surface area contributed by atoms with Crippen LogP contribution in [0.15, 0.2) is 24.5 Å². The van der Waals surface area contributed by atoms with Gasteiger partial charge in [0.15, 0.2) is 0 Å². The number of halogens is 3. The average Bonchev–Trinajstić information content (AvgIpc) is 2.97. The number of carbonyl (C=O) groups excluding carboxylic acids is 1. The summed E-state index contributed by atoms with van der Waals surface area (Å²) in [6.45, 7) is 3.69. The van der Waals surface area contributed by atoms with Gasteiger partial charge in [-0.05, 0) is 18.6 Å². The molecule has 136 valence electrons. The van der Waals surface area contributed by atoms with E-state index in [2.05, 4.69) is 4.98 Å². The van der Waals surface area contributed by atoms with Crippen LogP contribution in [-0.4, -0.2) is 62.0 Å². The zero-order chi connectivity index (χ0) is 18.6. The normalized spacial score (nSPS) is 14.8. The SMILES string of the molecule is Cc1ccc2nc(C(=O)N3CCSCC3)cn2c1.O=C(O)C(F)(F)F. The highest BCUT2D eigenvalue weighted by atomic mass is 32.2. The first-order chi connectivity index (χ1) is 11.7. The molecule has 1 N–H and O–H groups in total. The predicted molar refractivity (Wildman–Crippen MR) is 86.8 cm³/mol. The Labute approximate surface area is 145 Å². The molecule has 2 aromatic rings. The summed E-state index contributed by atoms with van der Waals surface area (Å²) >= 11 is 1.90. The molecule has 0 spiro atoms. The fourth-order valence-electron chi connectivity index (χ4n) is 2.13. The minimum atomic E-state index is -5.08. The molecule has 3 heterocycles. The summed E-state index contributed by atoms with van der Waals surface area (Å²) in [5, 5.41) is 7.12. The van der Waals surface area contributed by atoms with E-state index >= 15 is 0 Å². The number of carbonyl (C=O) groups is 2. The minimum absolute atomic E-state index is 0.0525. The van der Waals surface area contributed by atoms with E-state index in [-0.39, 0.29) is 5.91 Å². The van der Waals surface area contributed by atoms with E-state index in [4.69, 9.17) is 9.90 Å². The second kappa shape index (κ2) is 7.77. The van der Waals surface area contributed by atoms with Gasteiger partial charge in [0.25, 0.3) is 5.91 Å². The highest BCUT2D eigenvalue weighted by Crippen LogP contribution is 2.14. The maximum Gasteiger partial charge on any atom is 0.490 e. The summed E-state index contributed by atoms with van der Waals surface area (Å²) in [6.07, 6.45) is -1.27. The monoisotopic (exact) mass is 375 g/mol. The van der Waals surface area contributed by atoms with Gasteiger partial charge in [0, 0.05) is 37.0 Å². The molecule has 0 unspecified atom stereocenters. The number of thioether (sulfide) groups is 1. The van der Waals surface area contributed by atoms with Gasteiger partial charge in [-0.15, -0.1) is 0 Å². The Morgan fingerprint density at radius 1 is 1.20 bits per heavy atom. The molecule has 2 aromatic heterocycles. The van der Waals surface area contributed by atoms with Crippen molar-refractivity contribution < 1.29 is 27.9 Å². The molecule has 1 amide bonds. The molecule has 1 aliphatic heterocycles. The van der Waals surface area contributed by atoms with E-state index in [0.29, 0.717) is 5.69 Å². The van der Waals surface area contributed by atoms with Crippen molar-refractivity contribution in [2.75, 3.05) is 24.6 Å². The molecule has 25 heavy (non-hydrogen) atoms. The predicted octanol–water partition coefficient (Wildman–Crippen LogP) is 2.47. The Morgan fingerprint density at radius 3 is 2.36 bits per heavy atom. The molecule has 1 fully saturated rings. The third-order valence-corrected chi connectivity index (χ3v) is 4.30. The standard InChI is InChI=1S/C13H15N3OS.C2HF3O2/c1-10-2-3-12-14-11(9-16(12)8-10)13(17)15-4-6-18-7-5-15;3-2(4,5)1(6)7/h2-3,8-9H,4-7H2,1H3;(H,6,7). The van der Waals surface area contributed by atoms with Crippen LogP contribution in [0, 0.1) is 6.92 Å². The number of rotatable bonds is 1. The number of pyridine rings is 1. The molecule has 6 nitrogen and oxygen atoms in total. The van der Waals surface area contributed by atoms with Gasteiger partial charge in [0.2, 0.25) is 0 Å². The number of hydrogen-bond acceptors (Lipinski definition) is 4. The first kappa shape index (κ1) is 19.1. The van der Waals surface area contributed by atoms with Crippen LogP contribution in [0.2, 0.25) is 0 Å². The van der Waals surface area contributed by atoms with E-state index in [0.717, 1.165) is 35.8 Å². The highest BCUT2D eigenvalue weighted by molar-refractivity contribution is 7.99. The van der Waals surface area contributed by atoms with Crippen LogP contribution in [0.25, 0.3) is 5.65 Å². The fraction of sp³-hybridized carbons (Fsp3) is 0.400. The second-order valence-corrected chi connectivity index (χ2v) is 6.53. The van der Waals surface area contributed by atoms with Crippen molar-refractivity contribution in [3.05, 3.63) is 35.8 Å². The Kier molecular flexibility index (Phi) is 5.93. The van der Waals surface area contributed by atoms with Gasteiger partial charge in [0.05, 0.1) is 0 Å². The zero-order valence-corrected chi connectivity index (χ0v) is 14.1. The zero-order valence-electron chi connectivity index (χ0n) is 13.3. The second-order valence-electron chi connectivity index (χ2n) is 5.31. The fourth-order valence-corrected chi connectivity index (χ4v) is 3.04. The lowest BCUT2D eigenvalue weighted by molar-refractivity contribution is -0.192. The Bertz CT molecular complexity index is 770. The quantitative estimate of drug-likeness (QED) is 0.829. The Balaban J connectivity index is 0.000000277. The van der Waals surface area contributed by atoms with Crippen LogP contribution >= 0.6 is 11.8 Å². The van der Waals surface area contributed by atoms with Gasteiger partial charge >= 0.3 is 12.1 Å². The first-order valence-corrected chi connectivity index (χ1v) is 8.46. The maximum atomic E-state index is 12.3. The number of alkyl halides is 3. The largest absolute Gasteiger partial charge is 0.490 e. The van der Waals surface area contributed by atoms with Crippen LogP contribution in [-0.2, 0) is 4.79 Å². The average molecular weight is 375 g/mol. The van der Waals surface area contributed by atoms with Crippen LogP contribution in [0.1, 0.15) is 16.1 Å². The van der Waals surface area contributed by atoms with Crippen LogP contribution in [0.5, 0.6) is 0 Å². The molecule has 0 saturated carbocycles. The molecule has 10 heteroatoms. The third kappa shape index (κ3) is 5.12. The van der Waals surface area contributed by atoms with E-state index < -0.39 is 12.1 Å². The summed E-state index contributed by atoms with van der Waals surface area (Å²) < 4.78 is 33.7. The number of aryl methyl sites for hydroxylation is 1. The van der Waals surface area contributed by atoms with Gasteiger partial charge in [-0.1, -0.05) is 6.07 Å². The molecule has 1 saturated heterocycles. The molecule has 0 atom stereocenters. The van der Waals surface area contributed by atoms with Crippen molar-refractivity contribution >= 4 is 29.3 Å². The maximum absolute atomic E-state index is 12.3.